The monoisotopic (exact) mass is 256 g/mol. The van der Waals surface area contributed by atoms with Crippen LogP contribution < -0.4 is 11.3 Å². The van der Waals surface area contributed by atoms with Gasteiger partial charge in [-0.1, -0.05) is 4.49 Å². The lowest BCUT2D eigenvalue weighted by Gasteiger charge is -2.30. The second-order valence-electron chi connectivity index (χ2n) is 3.65. The van der Waals surface area contributed by atoms with Crippen molar-refractivity contribution in [1.82, 2.24) is 19.4 Å². The third kappa shape index (κ3) is 2.19. The molecule has 1 aliphatic rings. The van der Waals surface area contributed by atoms with Gasteiger partial charge in [0.25, 0.3) is 0 Å². The molecule has 8 nitrogen and oxygen atoms in total. The van der Waals surface area contributed by atoms with Crippen molar-refractivity contribution in [3.8, 4) is 0 Å². The molecule has 0 unspecified atom stereocenters. The van der Waals surface area contributed by atoms with E-state index in [1.807, 2.05) is 0 Å². The van der Waals surface area contributed by atoms with Gasteiger partial charge in [-0.05, 0) is 0 Å². The third-order valence-corrected chi connectivity index (χ3v) is 3.25. The summed E-state index contributed by atoms with van der Waals surface area (Å²) in [6.07, 6.45) is 0. The normalized spacial score (nSPS) is 16.6. The molecule has 2 rings (SSSR count). The second-order valence-corrected chi connectivity index (χ2v) is 4.40. The minimum Gasteiger partial charge on any atom is -0.336 e. The molecule has 1 fully saturated rings. The zero-order chi connectivity index (χ0) is 12.4. The third-order valence-electron chi connectivity index (χ3n) is 2.55. The van der Waals surface area contributed by atoms with Crippen LogP contribution in [0.25, 0.3) is 0 Å². The van der Waals surface area contributed by atoms with Gasteiger partial charge < -0.3 is 15.2 Å². The van der Waals surface area contributed by atoms with E-state index in [1.165, 1.54) is 9.80 Å². The first kappa shape index (κ1) is 11.7. The lowest BCUT2D eigenvalue weighted by atomic mass is 10.3. The summed E-state index contributed by atoms with van der Waals surface area (Å²) in [5.74, 6) is 4.27. The molecule has 2 heterocycles. The molecule has 1 aliphatic heterocycles. The number of anilines is 1. The van der Waals surface area contributed by atoms with Crippen molar-refractivity contribution < 1.29 is 9.59 Å². The maximum Gasteiger partial charge on any atom is 0.312 e. The molecule has 1 aromatic rings. The van der Waals surface area contributed by atoms with Crippen molar-refractivity contribution in [2.24, 2.45) is 5.84 Å². The quantitative estimate of drug-likeness (QED) is 0.392. The van der Waals surface area contributed by atoms with Crippen molar-refractivity contribution in [3.63, 3.8) is 0 Å². The summed E-state index contributed by atoms with van der Waals surface area (Å²) in [6.45, 7) is 1.25. The van der Waals surface area contributed by atoms with Crippen molar-refractivity contribution in [2.45, 2.75) is 6.54 Å². The summed E-state index contributed by atoms with van der Waals surface area (Å²) in [5, 5.41) is 4.47. The molecular weight excluding hydrogens is 244 g/mol. The Morgan fingerprint density at radius 3 is 2.88 bits per heavy atom. The van der Waals surface area contributed by atoms with Gasteiger partial charge in [0.1, 0.15) is 10.7 Å². The highest BCUT2D eigenvalue weighted by Gasteiger charge is 2.31. The fourth-order valence-corrected chi connectivity index (χ4v) is 2.01. The van der Waals surface area contributed by atoms with Gasteiger partial charge in [-0.15, -0.1) is 5.10 Å². The largest absolute Gasteiger partial charge is 0.336 e. The summed E-state index contributed by atoms with van der Waals surface area (Å²) in [7, 11) is 1.61. The Hall–Kier alpha value is -1.74. The summed E-state index contributed by atoms with van der Waals surface area (Å²) < 4.78 is 3.73. The van der Waals surface area contributed by atoms with Crippen molar-refractivity contribution in [2.75, 3.05) is 25.6 Å². The number of likely N-dealkylation sites (N-methyl/N-ethyl adjacent to an activating group) is 1. The molecule has 0 bridgehead atoms. The van der Waals surface area contributed by atoms with Gasteiger partial charge >= 0.3 is 11.8 Å². The Labute approximate surface area is 102 Å². The topological polar surface area (TPSA) is 104 Å². The number of nitrogen functional groups attached to an aromatic ring is 1. The van der Waals surface area contributed by atoms with E-state index in [4.69, 9.17) is 5.84 Å². The van der Waals surface area contributed by atoms with E-state index in [-0.39, 0.29) is 6.54 Å². The van der Waals surface area contributed by atoms with E-state index in [9.17, 15) is 9.59 Å². The zero-order valence-electron chi connectivity index (χ0n) is 9.21. The first-order valence-electron chi connectivity index (χ1n) is 4.95. The maximum absolute atomic E-state index is 11.7. The summed E-state index contributed by atoms with van der Waals surface area (Å²) in [4.78, 5) is 26.0. The number of hydrogen-bond donors (Lipinski definition) is 2. The number of amides is 2. The van der Waals surface area contributed by atoms with Crippen LogP contribution in [0.4, 0.5) is 5.00 Å². The molecular formula is C8H12N6O2S. The van der Waals surface area contributed by atoms with Crippen LogP contribution in [0.3, 0.4) is 0 Å². The highest BCUT2D eigenvalue weighted by molar-refractivity contribution is 7.10. The predicted molar refractivity (Wildman–Crippen MR) is 60.8 cm³/mol. The van der Waals surface area contributed by atoms with Crippen LogP contribution in [0.5, 0.6) is 0 Å². The molecule has 2 amide bonds. The molecule has 0 spiro atoms. The lowest BCUT2D eigenvalue weighted by Crippen LogP contribution is -2.52. The van der Waals surface area contributed by atoms with Gasteiger partial charge in [-0.2, -0.15) is 0 Å². The van der Waals surface area contributed by atoms with E-state index in [0.717, 1.165) is 11.5 Å². The Morgan fingerprint density at radius 2 is 2.18 bits per heavy atom. The number of carbonyl (C=O) groups excluding carboxylic acids is 2. The van der Waals surface area contributed by atoms with Crippen molar-refractivity contribution in [3.05, 3.63) is 5.69 Å². The zero-order valence-corrected chi connectivity index (χ0v) is 10.0. The number of nitrogens with zero attached hydrogens (tertiary/aromatic N) is 4. The lowest BCUT2D eigenvalue weighted by molar-refractivity contribution is -0.155. The fourth-order valence-electron chi connectivity index (χ4n) is 1.53. The number of rotatable bonds is 3. The van der Waals surface area contributed by atoms with Crippen molar-refractivity contribution in [1.29, 1.82) is 0 Å². The van der Waals surface area contributed by atoms with Gasteiger partial charge in [-0.3, -0.25) is 9.59 Å². The molecule has 1 saturated heterocycles. The van der Waals surface area contributed by atoms with E-state index in [0.29, 0.717) is 23.8 Å². The van der Waals surface area contributed by atoms with E-state index in [1.54, 1.807) is 7.05 Å². The van der Waals surface area contributed by atoms with Crippen LogP contribution in [-0.2, 0) is 16.1 Å². The van der Waals surface area contributed by atoms with Crippen LogP contribution in [0.2, 0.25) is 0 Å². The number of aromatic nitrogens is 2. The van der Waals surface area contributed by atoms with Crippen LogP contribution in [0.1, 0.15) is 5.69 Å². The van der Waals surface area contributed by atoms with Crippen LogP contribution in [0, 0.1) is 0 Å². The minimum atomic E-state index is -0.519. The second kappa shape index (κ2) is 4.63. The van der Waals surface area contributed by atoms with Crippen molar-refractivity contribution >= 4 is 28.3 Å². The minimum absolute atomic E-state index is 0.244. The molecule has 0 atom stereocenters. The average molecular weight is 256 g/mol. The van der Waals surface area contributed by atoms with Crippen LogP contribution in [0.15, 0.2) is 0 Å². The van der Waals surface area contributed by atoms with Gasteiger partial charge in [-0.25, -0.2) is 5.84 Å². The van der Waals surface area contributed by atoms with Gasteiger partial charge in [0.05, 0.1) is 6.54 Å². The Balaban J connectivity index is 2.09. The molecule has 92 valence electrons. The Morgan fingerprint density at radius 1 is 1.41 bits per heavy atom. The maximum atomic E-state index is 11.7. The Kier molecular flexibility index (Phi) is 3.20. The number of piperazine rings is 1. The number of carbonyl (C=O) groups is 2. The van der Waals surface area contributed by atoms with Crippen LogP contribution >= 0.6 is 11.5 Å². The molecule has 0 radical (unpaired) electrons. The highest BCUT2D eigenvalue weighted by atomic mass is 32.1. The van der Waals surface area contributed by atoms with Gasteiger partial charge in [0, 0.05) is 31.7 Å². The summed E-state index contributed by atoms with van der Waals surface area (Å²) in [6, 6.07) is 0. The highest BCUT2D eigenvalue weighted by Crippen LogP contribution is 2.18. The number of nitrogens with two attached hydrogens (primary N) is 1. The summed E-state index contributed by atoms with van der Waals surface area (Å²) in [5.41, 5.74) is 3.03. The van der Waals surface area contributed by atoms with Gasteiger partial charge in [0.2, 0.25) is 0 Å². The molecule has 1 aromatic heterocycles. The molecule has 9 heteroatoms. The first-order chi connectivity index (χ1) is 8.13. The molecule has 0 aromatic carbocycles. The number of nitrogens with one attached hydrogen (secondary N) is 1. The molecule has 3 N–H and O–H groups in total. The predicted octanol–water partition coefficient (Wildman–Crippen LogP) is -1.38. The Bertz CT molecular complexity index is 447. The van der Waals surface area contributed by atoms with Gasteiger partial charge in [0.15, 0.2) is 0 Å². The van der Waals surface area contributed by atoms with Crippen LogP contribution in [-0.4, -0.2) is 51.3 Å². The standard InChI is InChI=1S/C8H12N6O2S/c1-13-2-3-14(8(16)7(13)15)4-5-6(10-9)17-12-11-5/h10H,2-4,9H2,1H3. The number of hydrazine groups is 1. The molecule has 17 heavy (non-hydrogen) atoms. The number of hydrogen-bond acceptors (Lipinski definition) is 7. The van der Waals surface area contributed by atoms with E-state index < -0.39 is 11.8 Å². The van der Waals surface area contributed by atoms with E-state index in [2.05, 4.69) is 15.0 Å². The smallest absolute Gasteiger partial charge is 0.312 e. The van der Waals surface area contributed by atoms with E-state index >= 15 is 0 Å². The SMILES string of the molecule is CN1CCN(Cc2nnsc2NN)C(=O)C1=O. The summed E-state index contributed by atoms with van der Waals surface area (Å²) >= 11 is 1.11. The fraction of sp³-hybridized carbons (Fsp3) is 0.500. The average Bonchev–Trinajstić information content (AvgIpc) is 2.77. The molecule has 0 saturated carbocycles. The molecule has 0 aliphatic carbocycles. The first-order valence-corrected chi connectivity index (χ1v) is 5.73.